The van der Waals surface area contributed by atoms with Crippen molar-refractivity contribution >= 4 is 12.0 Å². The fourth-order valence-electron chi connectivity index (χ4n) is 1.67. The van der Waals surface area contributed by atoms with Crippen LogP contribution in [-0.4, -0.2) is 41.7 Å². The molecule has 2 amide bonds. The van der Waals surface area contributed by atoms with E-state index in [0.717, 1.165) is 10.5 Å². The minimum absolute atomic E-state index is 0.106. The number of carbonyl (C=O) groups excluding carboxylic acids is 2. The van der Waals surface area contributed by atoms with E-state index in [1.807, 2.05) is 0 Å². The minimum atomic E-state index is -0.918. The summed E-state index contributed by atoms with van der Waals surface area (Å²) >= 11 is 0. The summed E-state index contributed by atoms with van der Waals surface area (Å²) in [6.07, 6.45) is 1.16. The van der Waals surface area contributed by atoms with Crippen molar-refractivity contribution in [3.05, 3.63) is 29.8 Å². The van der Waals surface area contributed by atoms with Gasteiger partial charge in [0.15, 0.2) is 6.19 Å². The average molecular weight is 291 g/mol. The van der Waals surface area contributed by atoms with Gasteiger partial charge in [-0.2, -0.15) is 5.26 Å². The van der Waals surface area contributed by atoms with Crippen molar-refractivity contribution in [2.75, 3.05) is 13.7 Å². The maximum Gasteiger partial charge on any atom is 0.407 e. The highest BCUT2D eigenvalue weighted by atomic mass is 16.5. The van der Waals surface area contributed by atoms with E-state index in [1.54, 1.807) is 25.2 Å². The summed E-state index contributed by atoms with van der Waals surface area (Å²) in [4.78, 5) is 24.4. The van der Waals surface area contributed by atoms with E-state index >= 15 is 0 Å². The second kappa shape index (κ2) is 7.75. The summed E-state index contributed by atoms with van der Waals surface area (Å²) in [6, 6.07) is 5.31. The zero-order valence-electron chi connectivity index (χ0n) is 11.9. The largest absolute Gasteiger partial charge is 0.508 e. The molecule has 0 radical (unpaired) electrons. The number of rotatable bonds is 5. The second-order valence-electron chi connectivity index (χ2n) is 4.29. The van der Waals surface area contributed by atoms with Crippen LogP contribution in [0.5, 0.6) is 5.75 Å². The van der Waals surface area contributed by atoms with Crippen LogP contribution in [0.15, 0.2) is 24.3 Å². The van der Waals surface area contributed by atoms with Crippen LogP contribution >= 0.6 is 0 Å². The quantitative estimate of drug-likeness (QED) is 0.622. The molecule has 1 atom stereocenters. The third kappa shape index (κ3) is 5.03. The first kappa shape index (κ1) is 16.3. The summed E-state index contributed by atoms with van der Waals surface area (Å²) < 4.78 is 4.75. The zero-order valence-corrected chi connectivity index (χ0v) is 11.9. The first-order valence-corrected chi connectivity index (χ1v) is 6.36. The van der Waals surface area contributed by atoms with Crippen molar-refractivity contribution in [3.8, 4) is 11.9 Å². The zero-order chi connectivity index (χ0) is 15.8. The van der Waals surface area contributed by atoms with E-state index in [9.17, 15) is 14.7 Å². The van der Waals surface area contributed by atoms with Crippen LogP contribution in [0.2, 0.25) is 0 Å². The molecule has 1 aromatic carbocycles. The van der Waals surface area contributed by atoms with Crippen LogP contribution in [0.4, 0.5) is 4.79 Å². The lowest BCUT2D eigenvalue weighted by Gasteiger charge is -2.19. The Morgan fingerprint density at radius 2 is 2.05 bits per heavy atom. The number of phenolic OH excluding ortho intramolecular Hbond substituents is 1. The number of nitrogens with zero attached hydrogens (tertiary/aromatic N) is 2. The lowest BCUT2D eigenvalue weighted by molar-refractivity contribution is -0.129. The van der Waals surface area contributed by atoms with E-state index in [2.05, 4.69) is 5.32 Å². The number of likely N-dealkylation sites (N-methyl/N-ethyl adjacent to an activating group) is 1. The maximum absolute atomic E-state index is 12.1. The normalized spacial score (nSPS) is 11.1. The molecule has 0 aliphatic carbocycles. The molecule has 2 N–H and O–H groups in total. The Labute approximate surface area is 122 Å². The summed E-state index contributed by atoms with van der Waals surface area (Å²) in [5.74, 6) is -0.437. The first-order chi connectivity index (χ1) is 9.97. The summed E-state index contributed by atoms with van der Waals surface area (Å²) in [6.45, 7) is 1.83. The van der Waals surface area contributed by atoms with Gasteiger partial charge in [-0.05, 0) is 24.6 Å². The Hall–Kier alpha value is -2.75. The molecule has 7 nitrogen and oxygen atoms in total. The summed E-state index contributed by atoms with van der Waals surface area (Å²) in [5, 5.41) is 20.4. The number of nitriles is 1. The molecule has 0 aromatic heterocycles. The monoisotopic (exact) mass is 291 g/mol. The van der Waals surface area contributed by atoms with Gasteiger partial charge in [-0.1, -0.05) is 12.1 Å². The van der Waals surface area contributed by atoms with Gasteiger partial charge < -0.3 is 15.2 Å². The highest BCUT2D eigenvalue weighted by Gasteiger charge is 2.25. The molecule has 0 heterocycles. The fraction of sp³-hybridized carbons (Fsp3) is 0.357. The van der Waals surface area contributed by atoms with Gasteiger partial charge in [0.25, 0.3) is 5.91 Å². The smallest absolute Gasteiger partial charge is 0.407 e. The van der Waals surface area contributed by atoms with E-state index in [0.29, 0.717) is 0 Å². The average Bonchev–Trinajstić information content (AvgIpc) is 2.47. The number of hydrogen-bond donors (Lipinski definition) is 2. The third-order valence-corrected chi connectivity index (χ3v) is 2.72. The predicted molar refractivity (Wildman–Crippen MR) is 74.1 cm³/mol. The maximum atomic E-state index is 12.1. The Kier molecular flexibility index (Phi) is 6.01. The minimum Gasteiger partial charge on any atom is -0.508 e. The molecule has 0 aliphatic heterocycles. The van der Waals surface area contributed by atoms with Gasteiger partial charge in [-0.15, -0.1) is 0 Å². The summed E-state index contributed by atoms with van der Waals surface area (Å²) in [7, 11) is 1.32. The molecular formula is C14H17N3O4. The molecule has 0 aliphatic rings. The van der Waals surface area contributed by atoms with E-state index in [-0.39, 0.29) is 18.8 Å². The standard InChI is InChI=1S/C14H17N3O4/c1-3-21-14(20)16-12(13(19)17(2)9-15)8-10-4-6-11(18)7-5-10/h4-7,12,18H,3,8H2,1-2H3,(H,16,20). The van der Waals surface area contributed by atoms with Crippen molar-refractivity contribution < 1.29 is 19.4 Å². The highest BCUT2D eigenvalue weighted by Crippen LogP contribution is 2.12. The van der Waals surface area contributed by atoms with Gasteiger partial charge in [0.2, 0.25) is 0 Å². The van der Waals surface area contributed by atoms with Gasteiger partial charge in [-0.25, -0.2) is 4.79 Å². The third-order valence-electron chi connectivity index (χ3n) is 2.72. The lowest BCUT2D eigenvalue weighted by atomic mass is 10.0. The van der Waals surface area contributed by atoms with Gasteiger partial charge in [0.05, 0.1) is 6.61 Å². The molecule has 0 spiro atoms. The predicted octanol–water partition coefficient (Wildman–Crippen LogP) is 0.989. The Morgan fingerprint density at radius 1 is 1.43 bits per heavy atom. The lowest BCUT2D eigenvalue weighted by Crippen LogP contribution is -2.47. The number of carbonyl (C=O) groups is 2. The number of nitrogens with one attached hydrogen (secondary N) is 1. The molecule has 1 aromatic rings. The number of alkyl carbamates (subject to hydrolysis) is 1. The van der Waals surface area contributed by atoms with Crippen molar-refractivity contribution in [1.82, 2.24) is 10.2 Å². The van der Waals surface area contributed by atoms with E-state index < -0.39 is 18.0 Å². The number of amides is 2. The van der Waals surface area contributed by atoms with E-state index in [4.69, 9.17) is 10.00 Å². The van der Waals surface area contributed by atoms with Gasteiger partial charge in [0, 0.05) is 13.5 Å². The Balaban J connectivity index is 2.85. The number of aromatic hydroxyl groups is 1. The number of benzene rings is 1. The van der Waals surface area contributed by atoms with Crippen LogP contribution in [0.3, 0.4) is 0 Å². The first-order valence-electron chi connectivity index (χ1n) is 6.36. The molecular weight excluding hydrogens is 274 g/mol. The van der Waals surface area contributed by atoms with E-state index in [1.165, 1.54) is 19.2 Å². The van der Waals surface area contributed by atoms with Crippen LogP contribution in [-0.2, 0) is 16.0 Å². The van der Waals surface area contributed by atoms with Gasteiger partial charge in [-0.3, -0.25) is 9.69 Å². The Bertz CT molecular complexity index is 536. The molecule has 7 heteroatoms. The van der Waals surface area contributed by atoms with Crippen LogP contribution in [0, 0.1) is 11.5 Å². The van der Waals surface area contributed by atoms with Crippen LogP contribution in [0.1, 0.15) is 12.5 Å². The molecule has 1 unspecified atom stereocenters. The second-order valence-corrected chi connectivity index (χ2v) is 4.29. The van der Waals surface area contributed by atoms with Gasteiger partial charge >= 0.3 is 6.09 Å². The number of ether oxygens (including phenoxy) is 1. The molecule has 0 saturated heterocycles. The van der Waals surface area contributed by atoms with Crippen molar-refractivity contribution in [2.45, 2.75) is 19.4 Å². The molecule has 0 saturated carbocycles. The summed E-state index contributed by atoms with van der Waals surface area (Å²) in [5.41, 5.74) is 0.731. The van der Waals surface area contributed by atoms with Crippen LogP contribution in [0.25, 0.3) is 0 Å². The molecule has 1 rings (SSSR count). The van der Waals surface area contributed by atoms with Crippen molar-refractivity contribution in [3.63, 3.8) is 0 Å². The van der Waals surface area contributed by atoms with Crippen molar-refractivity contribution in [1.29, 1.82) is 5.26 Å². The number of hydrogen-bond acceptors (Lipinski definition) is 5. The molecule has 21 heavy (non-hydrogen) atoms. The fourth-order valence-corrected chi connectivity index (χ4v) is 1.67. The number of phenols is 1. The van der Waals surface area contributed by atoms with Crippen LogP contribution < -0.4 is 5.32 Å². The topological polar surface area (TPSA) is 103 Å². The highest BCUT2D eigenvalue weighted by molar-refractivity contribution is 5.86. The van der Waals surface area contributed by atoms with Crippen molar-refractivity contribution in [2.24, 2.45) is 0 Å². The molecule has 0 fully saturated rings. The SMILES string of the molecule is CCOC(=O)NC(Cc1ccc(O)cc1)C(=O)N(C)C#N. The Morgan fingerprint density at radius 3 is 2.57 bits per heavy atom. The molecule has 112 valence electrons. The van der Waals surface area contributed by atoms with Gasteiger partial charge in [0.1, 0.15) is 11.8 Å². The molecule has 0 bridgehead atoms.